The minimum atomic E-state index is -0.0278. The Hall–Kier alpha value is -0.530. The van der Waals surface area contributed by atoms with E-state index in [1.807, 2.05) is 51.1 Å². The minimum absolute atomic E-state index is 0.0278. The lowest BCUT2D eigenvalue weighted by molar-refractivity contribution is 0.788. The SMILES string of the molecule is CC(C)(C)Cl.NCc1ccccc1. The van der Waals surface area contributed by atoms with E-state index < -0.39 is 0 Å². The predicted octanol–water partition coefficient (Wildman–Crippen LogP) is 3.17. The van der Waals surface area contributed by atoms with Gasteiger partial charge in [-0.15, -0.1) is 11.6 Å². The van der Waals surface area contributed by atoms with Crippen molar-refractivity contribution >= 4 is 11.6 Å². The van der Waals surface area contributed by atoms with Crippen LogP contribution in [-0.4, -0.2) is 4.87 Å². The average Bonchev–Trinajstić information content (AvgIpc) is 2.03. The first kappa shape index (κ1) is 12.5. The Morgan fingerprint density at radius 2 is 1.54 bits per heavy atom. The molecule has 1 nitrogen and oxygen atoms in total. The molecule has 1 rings (SSSR count). The number of benzene rings is 1. The molecule has 2 N–H and O–H groups in total. The highest BCUT2D eigenvalue weighted by Crippen LogP contribution is 2.07. The van der Waals surface area contributed by atoms with Crippen LogP contribution in [0.1, 0.15) is 26.3 Å². The second kappa shape index (κ2) is 6.01. The molecule has 0 atom stereocenters. The molecule has 0 aliphatic heterocycles. The lowest BCUT2D eigenvalue weighted by atomic mass is 10.2. The molecule has 0 aromatic heterocycles. The molecule has 0 heterocycles. The van der Waals surface area contributed by atoms with E-state index in [1.54, 1.807) is 0 Å². The fourth-order valence-electron chi connectivity index (χ4n) is 0.614. The van der Waals surface area contributed by atoms with Gasteiger partial charge in [-0.3, -0.25) is 0 Å². The Balaban J connectivity index is 0.000000252. The topological polar surface area (TPSA) is 26.0 Å². The summed E-state index contributed by atoms with van der Waals surface area (Å²) in [6, 6.07) is 9.99. The van der Waals surface area contributed by atoms with Gasteiger partial charge in [-0.1, -0.05) is 30.3 Å². The van der Waals surface area contributed by atoms with E-state index in [1.165, 1.54) is 5.56 Å². The predicted molar refractivity (Wildman–Crippen MR) is 59.9 cm³/mol. The van der Waals surface area contributed by atoms with Crippen LogP contribution in [-0.2, 0) is 6.54 Å². The van der Waals surface area contributed by atoms with E-state index in [0.29, 0.717) is 6.54 Å². The average molecular weight is 200 g/mol. The van der Waals surface area contributed by atoms with Crippen molar-refractivity contribution in [3.05, 3.63) is 35.9 Å². The standard InChI is InChI=1S/C7H9N.C4H9Cl/c8-6-7-4-2-1-3-5-7;1-4(2,3)5/h1-5H,6,8H2;1-3H3. The molecule has 0 spiro atoms. The van der Waals surface area contributed by atoms with Crippen LogP contribution in [0.25, 0.3) is 0 Å². The summed E-state index contributed by atoms with van der Waals surface area (Å²) in [7, 11) is 0. The van der Waals surface area contributed by atoms with Crippen molar-refractivity contribution in [2.24, 2.45) is 5.73 Å². The fraction of sp³-hybridized carbons (Fsp3) is 0.455. The zero-order valence-corrected chi connectivity index (χ0v) is 9.31. The molecule has 13 heavy (non-hydrogen) atoms. The molecule has 0 fully saturated rings. The first-order valence-corrected chi connectivity index (χ1v) is 4.74. The molecule has 1 aromatic rings. The van der Waals surface area contributed by atoms with Gasteiger partial charge in [0.1, 0.15) is 0 Å². The molecule has 2 heteroatoms. The number of hydrogen-bond acceptors (Lipinski definition) is 1. The molecular formula is C11H18ClN. The van der Waals surface area contributed by atoms with Gasteiger partial charge in [0.2, 0.25) is 0 Å². The van der Waals surface area contributed by atoms with E-state index in [2.05, 4.69) is 0 Å². The molecule has 74 valence electrons. The van der Waals surface area contributed by atoms with Crippen LogP contribution >= 0.6 is 11.6 Å². The van der Waals surface area contributed by atoms with Crippen LogP contribution in [0.5, 0.6) is 0 Å². The monoisotopic (exact) mass is 199 g/mol. The van der Waals surface area contributed by atoms with Crippen molar-refractivity contribution in [2.45, 2.75) is 32.2 Å². The maximum Gasteiger partial charge on any atom is 0.0362 e. The molecule has 0 amide bonds. The molecule has 0 saturated carbocycles. The van der Waals surface area contributed by atoms with E-state index in [4.69, 9.17) is 17.3 Å². The highest BCUT2D eigenvalue weighted by atomic mass is 35.5. The van der Waals surface area contributed by atoms with Gasteiger partial charge < -0.3 is 5.73 Å². The Labute approximate surface area is 85.9 Å². The van der Waals surface area contributed by atoms with Crippen molar-refractivity contribution in [1.82, 2.24) is 0 Å². The summed E-state index contributed by atoms with van der Waals surface area (Å²) >= 11 is 5.53. The van der Waals surface area contributed by atoms with Crippen molar-refractivity contribution < 1.29 is 0 Å². The molecule has 0 saturated heterocycles. The molecule has 0 aliphatic carbocycles. The molecule has 0 bridgehead atoms. The fourth-order valence-corrected chi connectivity index (χ4v) is 0.614. The molecule has 0 aliphatic rings. The van der Waals surface area contributed by atoms with E-state index in [-0.39, 0.29) is 4.87 Å². The number of hydrogen-bond donors (Lipinski definition) is 1. The minimum Gasteiger partial charge on any atom is -0.326 e. The van der Waals surface area contributed by atoms with E-state index in [9.17, 15) is 0 Å². The van der Waals surface area contributed by atoms with Gasteiger partial charge in [0.05, 0.1) is 0 Å². The highest BCUT2D eigenvalue weighted by Gasteiger charge is 1.99. The van der Waals surface area contributed by atoms with Crippen LogP contribution in [0.15, 0.2) is 30.3 Å². The maximum absolute atomic E-state index is 5.53. The van der Waals surface area contributed by atoms with Gasteiger partial charge >= 0.3 is 0 Å². The van der Waals surface area contributed by atoms with Crippen molar-refractivity contribution in [2.75, 3.05) is 0 Å². The van der Waals surface area contributed by atoms with Crippen LogP contribution in [0.2, 0.25) is 0 Å². The quantitative estimate of drug-likeness (QED) is 0.691. The Morgan fingerprint density at radius 1 is 1.15 bits per heavy atom. The number of halogens is 1. The summed E-state index contributed by atoms with van der Waals surface area (Å²) in [6.45, 7) is 6.50. The zero-order chi connectivity index (χ0) is 10.3. The lowest BCUT2D eigenvalue weighted by Gasteiger charge is -2.01. The van der Waals surface area contributed by atoms with Gasteiger partial charge in [0.25, 0.3) is 0 Å². The second-order valence-corrected chi connectivity index (χ2v) is 4.89. The van der Waals surface area contributed by atoms with Crippen LogP contribution < -0.4 is 5.73 Å². The molecule has 0 unspecified atom stereocenters. The van der Waals surface area contributed by atoms with Crippen LogP contribution in [0.4, 0.5) is 0 Å². The smallest absolute Gasteiger partial charge is 0.0362 e. The van der Waals surface area contributed by atoms with Crippen molar-refractivity contribution in [1.29, 1.82) is 0 Å². The number of alkyl halides is 1. The summed E-state index contributed by atoms with van der Waals surface area (Å²) in [6.07, 6.45) is 0. The van der Waals surface area contributed by atoms with E-state index >= 15 is 0 Å². The third-order valence-corrected chi connectivity index (χ3v) is 1.08. The van der Waals surface area contributed by atoms with Gasteiger partial charge in [0.15, 0.2) is 0 Å². The molecular weight excluding hydrogens is 182 g/mol. The third kappa shape index (κ3) is 11.5. The summed E-state index contributed by atoms with van der Waals surface area (Å²) in [5.41, 5.74) is 6.54. The second-order valence-electron chi connectivity index (χ2n) is 3.76. The van der Waals surface area contributed by atoms with Gasteiger partial charge in [-0.05, 0) is 26.3 Å². The van der Waals surface area contributed by atoms with Gasteiger partial charge in [-0.25, -0.2) is 0 Å². The van der Waals surface area contributed by atoms with Crippen LogP contribution in [0.3, 0.4) is 0 Å². The number of rotatable bonds is 1. The first-order valence-electron chi connectivity index (χ1n) is 4.36. The van der Waals surface area contributed by atoms with Crippen LogP contribution in [0, 0.1) is 0 Å². The third-order valence-electron chi connectivity index (χ3n) is 1.08. The summed E-state index contributed by atoms with van der Waals surface area (Å²) in [5, 5.41) is 0. The Bertz CT molecular complexity index is 207. The molecule has 0 radical (unpaired) electrons. The highest BCUT2D eigenvalue weighted by molar-refractivity contribution is 6.23. The Kier molecular flexibility index (Phi) is 5.76. The number of nitrogens with two attached hydrogens (primary N) is 1. The maximum atomic E-state index is 5.53. The zero-order valence-electron chi connectivity index (χ0n) is 8.55. The summed E-state index contributed by atoms with van der Waals surface area (Å²) < 4.78 is 0. The Morgan fingerprint density at radius 3 is 1.77 bits per heavy atom. The summed E-state index contributed by atoms with van der Waals surface area (Å²) in [4.78, 5) is -0.0278. The van der Waals surface area contributed by atoms with Crippen molar-refractivity contribution in [3.63, 3.8) is 0 Å². The summed E-state index contributed by atoms with van der Waals surface area (Å²) in [5.74, 6) is 0. The van der Waals surface area contributed by atoms with Gasteiger partial charge in [0, 0.05) is 11.4 Å². The molecule has 1 aromatic carbocycles. The van der Waals surface area contributed by atoms with E-state index in [0.717, 1.165) is 0 Å². The van der Waals surface area contributed by atoms with Gasteiger partial charge in [-0.2, -0.15) is 0 Å². The normalized spacial score (nSPS) is 10.2. The largest absolute Gasteiger partial charge is 0.326 e. The lowest BCUT2D eigenvalue weighted by Crippen LogP contribution is -1.99. The van der Waals surface area contributed by atoms with Crippen molar-refractivity contribution in [3.8, 4) is 0 Å². The first-order chi connectivity index (χ1) is 5.93.